The highest BCUT2D eigenvalue weighted by Gasteiger charge is 2.15. The number of amides is 1. The summed E-state index contributed by atoms with van der Waals surface area (Å²) in [6.07, 6.45) is 4.74. The zero-order valence-corrected chi connectivity index (χ0v) is 15.2. The monoisotopic (exact) mass is 328 g/mol. The number of hydrogen-bond donors (Lipinski definition) is 1. The topological polar surface area (TPSA) is 52.2 Å². The van der Waals surface area contributed by atoms with Crippen LogP contribution >= 0.6 is 0 Å². The van der Waals surface area contributed by atoms with E-state index in [-0.39, 0.29) is 5.91 Å². The number of rotatable bonds is 8. The molecule has 0 spiro atoms. The highest BCUT2D eigenvalue weighted by atomic mass is 16.2. The molecule has 1 aromatic heterocycles. The molecule has 1 N–H and O–H groups in total. The average Bonchev–Trinajstić information content (AvgIpc) is 3.01. The molecule has 0 unspecified atom stereocenters. The highest BCUT2D eigenvalue weighted by Crippen LogP contribution is 2.12. The fourth-order valence-electron chi connectivity index (χ4n) is 2.81. The maximum Gasteiger partial charge on any atom is 0.223 e. The number of hydrogen-bond acceptors (Lipinski definition) is 3. The Morgan fingerprint density at radius 1 is 1.12 bits per heavy atom. The molecular weight excluding hydrogens is 300 g/mol. The lowest BCUT2D eigenvalue weighted by atomic mass is 10.0. The predicted octanol–water partition coefficient (Wildman–Crippen LogP) is 2.55. The first-order chi connectivity index (χ1) is 11.4. The number of likely N-dealkylation sites (N-methyl/N-ethyl adjacent to an activating group) is 1. The van der Waals surface area contributed by atoms with Crippen molar-refractivity contribution in [3.05, 3.63) is 53.1 Å². The summed E-state index contributed by atoms with van der Waals surface area (Å²) in [5.41, 5.74) is 4.70. The van der Waals surface area contributed by atoms with Crippen molar-refractivity contribution in [3.63, 3.8) is 0 Å². The summed E-state index contributed by atoms with van der Waals surface area (Å²) in [7, 11) is 4.04. The predicted molar refractivity (Wildman–Crippen MR) is 96.8 cm³/mol. The van der Waals surface area contributed by atoms with Crippen molar-refractivity contribution in [2.24, 2.45) is 0 Å². The van der Waals surface area contributed by atoms with E-state index in [4.69, 9.17) is 0 Å². The van der Waals surface area contributed by atoms with Crippen molar-refractivity contribution in [2.75, 3.05) is 27.2 Å². The minimum absolute atomic E-state index is 0.186. The smallest absolute Gasteiger partial charge is 0.223 e. The molecule has 5 nitrogen and oxygen atoms in total. The molecule has 1 heterocycles. The van der Waals surface area contributed by atoms with E-state index in [0.29, 0.717) is 13.0 Å². The van der Waals surface area contributed by atoms with Crippen LogP contribution in [0, 0.1) is 13.8 Å². The first-order valence-corrected chi connectivity index (χ1v) is 8.41. The van der Waals surface area contributed by atoms with Crippen molar-refractivity contribution in [2.45, 2.75) is 33.2 Å². The fraction of sp³-hybridized carbons (Fsp3) is 0.474. The normalized spacial score (nSPS) is 11.0. The third-order valence-electron chi connectivity index (χ3n) is 3.99. The van der Waals surface area contributed by atoms with E-state index in [9.17, 15) is 4.79 Å². The third kappa shape index (κ3) is 5.81. The van der Waals surface area contributed by atoms with Crippen LogP contribution in [0.3, 0.4) is 0 Å². The van der Waals surface area contributed by atoms with E-state index in [1.165, 1.54) is 16.7 Å². The van der Waals surface area contributed by atoms with Crippen molar-refractivity contribution in [1.82, 2.24) is 19.8 Å². The van der Waals surface area contributed by atoms with Gasteiger partial charge in [0, 0.05) is 25.7 Å². The van der Waals surface area contributed by atoms with Crippen LogP contribution in [-0.2, 0) is 17.8 Å². The lowest BCUT2D eigenvalue weighted by Crippen LogP contribution is -2.36. The SMILES string of the molecule is Cc1cc(C)cc(CCC(=O)N(CCN(C)C)Cc2cnc[nH]2)c1. The first-order valence-electron chi connectivity index (χ1n) is 8.41. The van der Waals surface area contributed by atoms with Gasteiger partial charge >= 0.3 is 0 Å². The number of carbonyl (C=O) groups is 1. The number of aromatic nitrogens is 2. The van der Waals surface area contributed by atoms with Gasteiger partial charge < -0.3 is 14.8 Å². The molecule has 0 aliphatic carbocycles. The number of H-pyrrole nitrogens is 1. The van der Waals surface area contributed by atoms with Gasteiger partial charge in [0.25, 0.3) is 0 Å². The Kier molecular flexibility index (Phi) is 6.55. The molecule has 1 amide bonds. The van der Waals surface area contributed by atoms with Gasteiger partial charge in [-0.05, 0) is 39.9 Å². The van der Waals surface area contributed by atoms with Crippen LogP contribution < -0.4 is 0 Å². The van der Waals surface area contributed by atoms with Gasteiger partial charge in [-0.25, -0.2) is 4.98 Å². The maximum absolute atomic E-state index is 12.7. The second-order valence-electron chi connectivity index (χ2n) is 6.69. The van der Waals surface area contributed by atoms with Crippen LogP contribution in [0.5, 0.6) is 0 Å². The Morgan fingerprint density at radius 3 is 2.42 bits per heavy atom. The molecule has 0 radical (unpaired) electrons. The molecule has 0 atom stereocenters. The number of carbonyl (C=O) groups excluding carboxylic acids is 1. The van der Waals surface area contributed by atoms with Gasteiger partial charge in [0.2, 0.25) is 5.91 Å². The number of aryl methyl sites for hydroxylation is 3. The maximum atomic E-state index is 12.7. The van der Waals surface area contributed by atoms with E-state index < -0.39 is 0 Å². The van der Waals surface area contributed by atoms with Crippen molar-refractivity contribution in [1.29, 1.82) is 0 Å². The lowest BCUT2D eigenvalue weighted by molar-refractivity contribution is -0.132. The van der Waals surface area contributed by atoms with Gasteiger partial charge in [0.1, 0.15) is 0 Å². The van der Waals surface area contributed by atoms with Crippen molar-refractivity contribution >= 4 is 5.91 Å². The van der Waals surface area contributed by atoms with Crippen LogP contribution in [-0.4, -0.2) is 52.9 Å². The van der Waals surface area contributed by atoms with Gasteiger partial charge in [0.15, 0.2) is 0 Å². The lowest BCUT2D eigenvalue weighted by Gasteiger charge is -2.24. The number of aromatic amines is 1. The van der Waals surface area contributed by atoms with Gasteiger partial charge in [-0.1, -0.05) is 29.3 Å². The molecule has 0 saturated heterocycles. The second-order valence-corrected chi connectivity index (χ2v) is 6.69. The minimum Gasteiger partial charge on any atom is -0.347 e. The molecule has 0 aliphatic heterocycles. The van der Waals surface area contributed by atoms with Crippen LogP contribution in [0.15, 0.2) is 30.7 Å². The molecular formula is C19H28N4O. The Labute approximate surface area is 144 Å². The molecule has 0 bridgehead atoms. The van der Waals surface area contributed by atoms with Gasteiger partial charge in [-0.2, -0.15) is 0 Å². The molecule has 24 heavy (non-hydrogen) atoms. The molecule has 1 aromatic carbocycles. The van der Waals surface area contributed by atoms with E-state index >= 15 is 0 Å². The third-order valence-corrected chi connectivity index (χ3v) is 3.99. The quantitative estimate of drug-likeness (QED) is 0.810. The van der Waals surface area contributed by atoms with Crippen molar-refractivity contribution < 1.29 is 4.79 Å². The number of nitrogens with zero attached hydrogens (tertiary/aromatic N) is 3. The minimum atomic E-state index is 0.186. The van der Waals surface area contributed by atoms with E-state index in [1.54, 1.807) is 12.5 Å². The largest absolute Gasteiger partial charge is 0.347 e. The Hall–Kier alpha value is -2.14. The summed E-state index contributed by atoms with van der Waals surface area (Å²) in [4.78, 5) is 23.8. The number of benzene rings is 1. The fourth-order valence-corrected chi connectivity index (χ4v) is 2.81. The summed E-state index contributed by atoms with van der Waals surface area (Å²) < 4.78 is 0. The second kappa shape index (κ2) is 8.64. The molecule has 0 saturated carbocycles. The van der Waals surface area contributed by atoms with Crippen LogP contribution in [0.25, 0.3) is 0 Å². The highest BCUT2D eigenvalue weighted by molar-refractivity contribution is 5.76. The molecule has 0 fully saturated rings. The standard InChI is InChI=1S/C19H28N4O/c1-15-9-16(2)11-17(10-15)5-6-19(24)23(8-7-22(3)4)13-18-12-20-14-21-18/h9-12,14H,5-8,13H2,1-4H3,(H,20,21). The molecule has 0 aliphatic rings. The number of imidazole rings is 1. The van der Waals surface area contributed by atoms with E-state index in [1.807, 2.05) is 19.0 Å². The summed E-state index contributed by atoms with van der Waals surface area (Å²) >= 11 is 0. The van der Waals surface area contributed by atoms with E-state index in [0.717, 1.165) is 25.2 Å². The summed E-state index contributed by atoms with van der Waals surface area (Å²) in [6.45, 7) is 6.35. The summed E-state index contributed by atoms with van der Waals surface area (Å²) in [5.74, 6) is 0.186. The molecule has 2 aromatic rings. The number of nitrogens with one attached hydrogen (secondary N) is 1. The van der Waals surface area contributed by atoms with Crippen LogP contribution in [0.4, 0.5) is 0 Å². The average molecular weight is 328 g/mol. The van der Waals surface area contributed by atoms with Gasteiger partial charge in [-0.3, -0.25) is 4.79 Å². The zero-order chi connectivity index (χ0) is 17.5. The summed E-state index contributed by atoms with van der Waals surface area (Å²) in [5, 5.41) is 0. The van der Waals surface area contributed by atoms with Crippen molar-refractivity contribution in [3.8, 4) is 0 Å². The molecule has 2 rings (SSSR count). The van der Waals surface area contributed by atoms with Gasteiger partial charge in [-0.15, -0.1) is 0 Å². The van der Waals surface area contributed by atoms with E-state index in [2.05, 4.69) is 46.9 Å². The molecule has 5 heteroatoms. The first kappa shape index (κ1) is 18.2. The Bertz CT molecular complexity index is 629. The Morgan fingerprint density at radius 2 is 1.83 bits per heavy atom. The zero-order valence-electron chi connectivity index (χ0n) is 15.2. The van der Waals surface area contributed by atoms with Crippen LogP contribution in [0.1, 0.15) is 28.8 Å². The van der Waals surface area contributed by atoms with Gasteiger partial charge in [0.05, 0.1) is 18.6 Å². The van der Waals surface area contributed by atoms with Crippen LogP contribution in [0.2, 0.25) is 0 Å². The molecule has 130 valence electrons. The summed E-state index contributed by atoms with van der Waals surface area (Å²) in [6, 6.07) is 6.49. The Balaban J connectivity index is 1.97.